The van der Waals surface area contributed by atoms with E-state index in [1.807, 2.05) is 17.0 Å². The van der Waals surface area contributed by atoms with Crippen molar-refractivity contribution >= 4 is 11.7 Å². The minimum absolute atomic E-state index is 0.0332. The largest absolute Gasteiger partial charge is 0.379 e. The van der Waals surface area contributed by atoms with Crippen molar-refractivity contribution in [2.75, 3.05) is 44.7 Å². The van der Waals surface area contributed by atoms with Gasteiger partial charge in [-0.05, 0) is 37.5 Å². The van der Waals surface area contributed by atoms with Gasteiger partial charge in [0.2, 0.25) is 0 Å². The summed E-state index contributed by atoms with van der Waals surface area (Å²) in [6, 6.07) is 8.69. The van der Waals surface area contributed by atoms with Crippen molar-refractivity contribution in [2.24, 2.45) is 0 Å². The standard InChI is InChI=1S/C19H29N3O2/c1-16(21-12-14-24-15-13-21)17-6-8-18(9-7-17)20-19(23)22-10-4-2-3-5-11-22/h6-9,16H,2-5,10-15H2,1H3,(H,20,23)/t16-/m0/s1. The van der Waals surface area contributed by atoms with E-state index in [1.54, 1.807) is 0 Å². The zero-order valence-electron chi connectivity index (χ0n) is 14.7. The van der Waals surface area contributed by atoms with Gasteiger partial charge in [0.1, 0.15) is 0 Å². The summed E-state index contributed by atoms with van der Waals surface area (Å²) in [5.74, 6) is 0. The summed E-state index contributed by atoms with van der Waals surface area (Å²) >= 11 is 0. The number of carbonyl (C=O) groups excluding carboxylic acids is 1. The number of rotatable bonds is 3. The van der Waals surface area contributed by atoms with Gasteiger partial charge in [0.05, 0.1) is 13.2 Å². The molecule has 0 unspecified atom stereocenters. The van der Waals surface area contributed by atoms with E-state index in [9.17, 15) is 4.79 Å². The van der Waals surface area contributed by atoms with Crippen molar-refractivity contribution in [1.29, 1.82) is 0 Å². The normalized spacial score (nSPS) is 21.1. The number of hydrogen-bond donors (Lipinski definition) is 1. The fourth-order valence-corrected chi connectivity index (χ4v) is 3.50. The quantitative estimate of drug-likeness (QED) is 0.922. The lowest BCUT2D eigenvalue weighted by molar-refractivity contribution is 0.0198. The van der Waals surface area contributed by atoms with Crippen LogP contribution in [-0.4, -0.2) is 55.2 Å². The molecule has 132 valence electrons. The second kappa shape index (κ2) is 8.49. The number of carbonyl (C=O) groups is 1. The monoisotopic (exact) mass is 331 g/mol. The zero-order chi connectivity index (χ0) is 16.8. The molecule has 2 aliphatic rings. The molecule has 5 heteroatoms. The fourth-order valence-electron chi connectivity index (χ4n) is 3.50. The van der Waals surface area contributed by atoms with Crippen LogP contribution in [0.3, 0.4) is 0 Å². The molecule has 0 bridgehead atoms. The van der Waals surface area contributed by atoms with E-state index in [1.165, 1.54) is 18.4 Å². The highest BCUT2D eigenvalue weighted by molar-refractivity contribution is 5.89. The third-order valence-corrected chi connectivity index (χ3v) is 5.13. The highest BCUT2D eigenvalue weighted by atomic mass is 16.5. The van der Waals surface area contributed by atoms with Gasteiger partial charge < -0.3 is 15.0 Å². The molecular weight excluding hydrogens is 302 g/mol. The first-order valence-electron chi connectivity index (χ1n) is 9.22. The van der Waals surface area contributed by atoms with E-state index in [4.69, 9.17) is 4.74 Å². The maximum Gasteiger partial charge on any atom is 0.321 e. The molecule has 2 amide bonds. The molecule has 1 aromatic rings. The first-order chi connectivity index (χ1) is 11.7. The Morgan fingerprint density at radius 2 is 1.62 bits per heavy atom. The number of nitrogens with one attached hydrogen (secondary N) is 1. The second-order valence-corrected chi connectivity index (χ2v) is 6.78. The number of morpholine rings is 1. The Kier molecular flexibility index (Phi) is 6.10. The Morgan fingerprint density at radius 3 is 2.25 bits per heavy atom. The molecule has 1 N–H and O–H groups in total. The van der Waals surface area contributed by atoms with Crippen LogP contribution in [0.25, 0.3) is 0 Å². The van der Waals surface area contributed by atoms with Crippen LogP contribution in [0.4, 0.5) is 10.5 Å². The Balaban J connectivity index is 1.56. The summed E-state index contributed by atoms with van der Waals surface area (Å²) in [5, 5.41) is 3.04. The molecule has 24 heavy (non-hydrogen) atoms. The van der Waals surface area contributed by atoms with Crippen LogP contribution in [0.15, 0.2) is 24.3 Å². The fraction of sp³-hybridized carbons (Fsp3) is 0.632. The average molecular weight is 331 g/mol. The number of urea groups is 1. The number of anilines is 1. The van der Waals surface area contributed by atoms with Crippen molar-refractivity contribution in [1.82, 2.24) is 9.80 Å². The van der Waals surface area contributed by atoms with Gasteiger partial charge in [0.15, 0.2) is 0 Å². The van der Waals surface area contributed by atoms with Crippen LogP contribution in [0.2, 0.25) is 0 Å². The predicted octanol–water partition coefficient (Wildman–Crippen LogP) is 3.49. The third kappa shape index (κ3) is 4.48. The van der Waals surface area contributed by atoms with Crippen molar-refractivity contribution in [3.63, 3.8) is 0 Å². The molecule has 1 aromatic carbocycles. The van der Waals surface area contributed by atoms with Crippen LogP contribution < -0.4 is 5.32 Å². The molecule has 3 rings (SSSR count). The van der Waals surface area contributed by atoms with Gasteiger partial charge in [0.25, 0.3) is 0 Å². The molecule has 0 spiro atoms. The first kappa shape index (κ1) is 17.2. The Bertz CT molecular complexity index is 518. The highest BCUT2D eigenvalue weighted by Gasteiger charge is 2.19. The molecule has 2 fully saturated rings. The summed E-state index contributed by atoms with van der Waals surface area (Å²) in [4.78, 5) is 16.8. The maximum absolute atomic E-state index is 12.4. The Labute approximate surface area is 145 Å². The minimum Gasteiger partial charge on any atom is -0.379 e. The van der Waals surface area contributed by atoms with E-state index in [0.717, 1.165) is 57.9 Å². The summed E-state index contributed by atoms with van der Waals surface area (Å²) in [7, 11) is 0. The summed E-state index contributed by atoms with van der Waals surface area (Å²) in [6.07, 6.45) is 4.70. The number of benzene rings is 1. The number of hydrogen-bond acceptors (Lipinski definition) is 3. The summed E-state index contributed by atoms with van der Waals surface area (Å²) in [6.45, 7) is 7.57. The van der Waals surface area contributed by atoms with Gasteiger partial charge in [-0.2, -0.15) is 0 Å². The Morgan fingerprint density at radius 1 is 1.00 bits per heavy atom. The molecule has 2 aliphatic heterocycles. The zero-order valence-corrected chi connectivity index (χ0v) is 14.7. The number of nitrogens with zero attached hydrogens (tertiary/aromatic N) is 2. The molecule has 0 radical (unpaired) electrons. The van der Waals surface area contributed by atoms with Crippen molar-refractivity contribution in [3.8, 4) is 0 Å². The maximum atomic E-state index is 12.4. The van der Waals surface area contributed by atoms with Crippen LogP contribution in [0.5, 0.6) is 0 Å². The van der Waals surface area contributed by atoms with Crippen molar-refractivity contribution in [2.45, 2.75) is 38.6 Å². The lowest BCUT2D eigenvalue weighted by atomic mass is 10.1. The first-order valence-corrected chi connectivity index (χ1v) is 9.22. The van der Waals surface area contributed by atoms with Crippen LogP contribution >= 0.6 is 0 Å². The lowest BCUT2D eigenvalue weighted by Gasteiger charge is -2.32. The smallest absolute Gasteiger partial charge is 0.321 e. The average Bonchev–Trinajstić information content (AvgIpc) is 2.92. The van der Waals surface area contributed by atoms with Crippen LogP contribution in [-0.2, 0) is 4.74 Å². The van der Waals surface area contributed by atoms with Gasteiger partial charge in [-0.1, -0.05) is 25.0 Å². The van der Waals surface area contributed by atoms with E-state index >= 15 is 0 Å². The topological polar surface area (TPSA) is 44.8 Å². The predicted molar refractivity (Wildman–Crippen MR) is 96.3 cm³/mol. The van der Waals surface area contributed by atoms with Gasteiger partial charge in [-0.3, -0.25) is 4.90 Å². The van der Waals surface area contributed by atoms with E-state index in [2.05, 4.69) is 29.3 Å². The summed E-state index contributed by atoms with van der Waals surface area (Å²) < 4.78 is 5.42. The lowest BCUT2D eigenvalue weighted by Crippen LogP contribution is -2.38. The van der Waals surface area contributed by atoms with Crippen LogP contribution in [0, 0.1) is 0 Å². The SMILES string of the molecule is C[C@@H](c1ccc(NC(=O)N2CCCCCC2)cc1)N1CCOCC1. The highest BCUT2D eigenvalue weighted by Crippen LogP contribution is 2.23. The minimum atomic E-state index is 0.0332. The van der Waals surface area contributed by atoms with E-state index in [0.29, 0.717) is 6.04 Å². The number of likely N-dealkylation sites (tertiary alicyclic amines) is 1. The molecule has 0 aliphatic carbocycles. The summed E-state index contributed by atoms with van der Waals surface area (Å²) in [5.41, 5.74) is 2.16. The third-order valence-electron chi connectivity index (χ3n) is 5.13. The molecule has 2 heterocycles. The molecule has 0 aromatic heterocycles. The number of amides is 2. The molecule has 2 saturated heterocycles. The van der Waals surface area contributed by atoms with Gasteiger partial charge >= 0.3 is 6.03 Å². The van der Waals surface area contributed by atoms with Gasteiger partial charge in [-0.15, -0.1) is 0 Å². The van der Waals surface area contributed by atoms with Crippen molar-refractivity contribution < 1.29 is 9.53 Å². The molecular formula is C19H29N3O2. The second-order valence-electron chi connectivity index (χ2n) is 6.78. The van der Waals surface area contributed by atoms with E-state index in [-0.39, 0.29) is 6.03 Å². The molecule has 1 atom stereocenters. The molecule has 5 nitrogen and oxygen atoms in total. The van der Waals surface area contributed by atoms with Gasteiger partial charge in [0, 0.05) is 37.9 Å². The number of ether oxygens (including phenoxy) is 1. The van der Waals surface area contributed by atoms with Crippen LogP contribution in [0.1, 0.15) is 44.2 Å². The van der Waals surface area contributed by atoms with Gasteiger partial charge in [-0.25, -0.2) is 4.79 Å². The van der Waals surface area contributed by atoms with Crippen molar-refractivity contribution in [3.05, 3.63) is 29.8 Å². The van der Waals surface area contributed by atoms with E-state index < -0.39 is 0 Å². The Hall–Kier alpha value is -1.59. The molecule has 0 saturated carbocycles.